The second-order valence-electron chi connectivity index (χ2n) is 6.61. The van der Waals surface area contributed by atoms with E-state index in [-0.39, 0.29) is 0 Å². The van der Waals surface area contributed by atoms with Gasteiger partial charge in [-0.05, 0) is 63.9 Å². The summed E-state index contributed by atoms with van der Waals surface area (Å²) in [5, 5.41) is 0. The Morgan fingerprint density at radius 1 is 1.32 bits per heavy atom. The lowest BCUT2D eigenvalue weighted by Crippen LogP contribution is -2.30. The lowest BCUT2D eigenvalue weighted by molar-refractivity contribution is 0.241. The van der Waals surface area contributed by atoms with Gasteiger partial charge in [0.05, 0.1) is 0 Å². The van der Waals surface area contributed by atoms with Gasteiger partial charge in [0.25, 0.3) is 0 Å². The molecule has 1 aliphatic carbocycles. The Labute approximate surface area is 116 Å². The van der Waals surface area contributed by atoms with Crippen molar-refractivity contribution in [3.05, 3.63) is 23.8 Å². The van der Waals surface area contributed by atoms with Crippen molar-refractivity contribution in [2.45, 2.75) is 46.1 Å². The molecule has 104 valence electrons. The Balaban J connectivity index is 1.67. The Bertz CT molecular complexity index is 443. The monoisotopic (exact) mass is 259 g/mol. The molecule has 3 rings (SSSR count). The average Bonchev–Trinajstić information content (AvgIpc) is 2.91. The lowest BCUT2D eigenvalue weighted by atomic mass is 9.89. The van der Waals surface area contributed by atoms with Gasteiger partial charge in [0, 0.05) is 31.0 Å². The van der Waals surface area contributed by atoms with Gasteiger partial charge in [0.15, 0.2) is 0 Å². The van der Waals surface area contributed by atoms with Crippen LogP contribution in [0, 0.1) is 24.7 Å². The normalized spacial score (nSPS) is 31.1. The van der Waals surface area contributed by atoms with Crippen LogP contribution in [0.5, 0.6) is 0 Å². The zero-order valence-corrected chi connectivity index (χ0v) is 12.3. The minimum absolute atomic E-state index is 0.701. The van der Waals surface area contributed by atoms with Gasteiger partial charge < -0.3 is 4.90 Å². The quantitative estimate of drug-likeness (QED) is 0.835. The zero-order chi connectivity index (χ0) is 13.4. The van der Waals surface area contributed by atoms with Crippen LogP contribution in [0.25, 0.3) is 0 Å². The summed E-state index contributed by atoms with van der Waals surface area (Å²) in [4.78, 5) is 11.4. The van der Waals surface area contributed by atoms with Crippen LogP contribution in [0.15, 0.2) is 12.3 Å². The van der Waals surface area contributed by atoms with Crippen LogP contribution >= 0.6 is 0 Å². The van der Waals surface area contributed by atoms with Gasteiger partial charge >= 0.3 is 0 Å². The predicted octanol–water partition coefficient (Wildman–Crippen LogP) is 2.69. The molecule has 0 unspecified atom stereocenters. The van der Waals surface area contributed by atoms with E-state index in [1.165, 1.54) is 31.6 Å². The van der Waals surface area contributed by atoms with E-state index in [1.54, 1.807) is 0 Å². The van der Waals surface area contributed by atoms with Crippen molar-refractivity contribution in [3.8, 4) is 0 Å². The van der Waals surface area contributed by atoms with E-state index in [9.17, 15) is 0 Å². The molecule has 2 fully saturated rings. The summed E-state index contributed by atoms with van der Waals surface area (Å²) in [5.74, 6) is 3.58. The van der Waals surface area contributed by atoms with Crippen molar-refractivity contribution in [2.75, 3.05) is 13.1 Å². The molecule has 1 aromatic rings. The standard InChI is InChI=1S/C16H25N3/c1-11(2)19-9-14-5-4-13(16(14)10-19)8-15-6-7-17-12(3)18-15/h6-7,11,13-14,16H,4-5,8-10H2,1-3H3/t13-,14-,16-/m1/s1. The molecular formula is C16H25N3. The molecule has 0 bridgehead atoms. The van der Waals surface area contributed by atoms with Crippen molar-refractivity contribution in [1.82, 2.24) is 14.9 Å². The molecule has 1 aliphatic heterocycles. The first-order chi connectivity index (χ1) is 9.13. The van der Waals surface area contributed by atoms with Crippen LogP contribution in [0.4, 0.5) is 0 Å². The fraction of sp³-hybridized carbons (Fsp3) is 0.750. The summed E-state index contributed by atoms with van der Waals surface area (Å²) in [6.07, 6.45) is 5.86. The Hall–Kier alpha value is -0.960. The Kier molecular flexibility index (Phi) is 3.57. The van der Waals surface area contributed by atoms with Crippen molar-refractivity contribution in [2.24, 2.45) is 17.8 Å². The number of fused-ring (bicyclic) bond motifs is 1. The number of aromatic nitrogens is 2. The lowest BCUT2D eigenvalue weighted by Gasteiger charge is -2.23. The number of likely N-dealkylation sites (tertiary alicyclic amines) is 1. The molecule has 19 heavy (non-hydrogen) atoms. The molecule has 1 aromatic heterocycles. The summed E-state index contributed by atoms with van der Waals surface area (Å²) < 4.78 is 0. The highest BCUT2D eigenvalue weighted by atomic mass is 15.2. The summed E-state index contributed by atoms with van der Waals surface area (Å²) in [5.41, 5.74) is 1.24. The fourth-order valence-electron chi connectivity index (χ4n) is 3.98. The van der Waals surface area contributed by atoms with Crippen LogP contribution in [0.2, 0.25) is 0 Å². The van der Waals surface area contributed by atoms with E-state index in [0.717, 1.165) is 30.0 Å². The molecular weight excluding hydrogens is 234 g/mol. The highest BCUT2D eigenvalue weighted by molar-refractivity contribution is 5.06. The van der Waals surface area contributed by atoms with Gasteiger partial charge in [-0.3, -0.25) is 0 Å². The van der Waals surface area contributed by atoms with Crippen LogP contribution in [-0.4, -0.2) is 34.0 Å². The molecule has 0 N–H and O–H groups in total. The molecule has 2 heterocycles. The highest BCUT2D eigenvalue weighted by Crippen LogP contribution is 2.43. The van der Waals surface area contributed by atoms with E-state index in [1.807, 2.05) is 13.1 Å². The number of rotatable bonds is 3. The van der Waals surface area contributed by atoms with Gasteiger partial charge in [-0.1, -0.05) is 0 Å². The molecule has 0 radical (unpaired) electrons. The van der Waals surface area contributed by atoms with Crippen LogP contribution in [0.3, 0.4) is 0 Å². The van der Waals surface area contributed by atoms with Crippen molar-refractivity contribution >= 4 is 0 Å². The molecule has 2 aliphatic rings. The summed E-state index contributed by atoms with van der Waals surface area (Å²) in [6.45, 7) is 9.25. The SMILES string of the molecule is Cc1nccc(C[C@H]2CC[C@@H]3CN(C(C)C)C[C@H]23)n1. The molecule has 1 saturated carbocycles. The average molecular weight is 259 g/mol. The second kappa shape index (κ2) is 5.20. The van der Waals surface area contributed by atoms with E-state index in [2.05, 4.69) is 34.8 Å². The van der Waals surface area contributed by atoms with Gasteiger partial charge in [0.1, 0.15) is 5.82 Å². The second-order valence-corrected chi connectivity index (χ2v) is 6.61. The van der Waals surface area contributed by atoms with Crippen molar-refractivity contribution < 1.29 is 0 Å². The number of nitrogens with zero attached hydrogens (tertiary/aromatic N) is 3. The molecule has 3 atom stereocenters. The third-order valence-electron chi connectivity index (χ3n) is 5.07. The van der Waals surface area contributed by atoms with Crippen LogP contribution in [-0.2, 0) is 6.42 Å². The van der Waals surface area contributed by atoms with Gasteiger partial charge in [-0.25, -0.2) is 9.97 Å². The first-order valence-corrected chi connectivity index (χ1v) is 7.66. The highest BCUT2D eigenvalue weighted by Gasteiger charge is 2.42. The number of aryl methyl sites for hydroxylation is 1. The third-order valence-corrected chi connectivity index (χ3v) is 5.07. The maximum atomic E-state index is 4.58. The maximum Gasteiger partial charge on any atom is 0.125 e. The molecule has 3 heteroatoms. The molecule has 1 saturated heterocycles. The maximum absolute atomic E-state index is 4.58. The van der Waals surface area contributed by atoms with Crippen LogP contribution < -0.4 is 0 Å². The Morgan fingerprint density at radius 3 is 2.89 bits per heavy atom. The minimum Gasteiger partial charge on any atom is -0.300 e. The first-order valence-electron chi connectivity index (χ1n) is 7.66. The molecule has 0 aromatic carbocycles. The fourth-order valence-corrected chi connectivity index (χ4v) is 3.98. The van der Waals surface area contributed by atoms with E-state index in [0.29, 0.717) is 6.04 Å². The molecule has 0 amide bonds. The smallest absolute Gasteiger partial charge is 0.125 e. The van der Waals surface area contributed by atoms with E-state index >= 15 is 0 Å². The Morgan fingerprint density at radius 2 is 2.16 bits per heavy atom. The van der Waals surface area contributed by atoms with Gasteiger partial charge in [-0.2, -0.15) is 0 Å². The van der Waals surface area contributed by atoms with Crippen molar-refractivity contribution in [3.63, 3.8) is 0 Å². The number of hydrogen-bond donors (Lipinski definition) is 0. The third kappa shape index (κ3) is 2.66. The number of hydrogen-bond acceptors (Lipinski definition) is 3. The first kappa shape index (κ1) is 13.0. The minimum atomic E-state index is 0.701. The van der Waals surface area contributed by atoms with Gasteiger partial charge in [0.2, 0.25) is 0 Å². The van der Waals surface area contributed by atoms with E-state index in [4.69, 9.17) is 0 Å². The van der Waals surface area contributed by atoms with Crippen molar-refractivity contribution in [1.29, 1.82) is 0 Å². The molecule has 0 spiro atoms. The van der Waals surface area contributed by atoms with E-state index < -0.39 is 0 Å². The zero-order valence-electron chi connectivity index (χ0n) is 12.3. The largest absolute Gasteiger partial charge is 0.300 e. The topological polar surface area (TPSA) is 29.0 Å². The predicted molar refractivity (Wildman–Crippen MR) is 76.9 cm³/mol. The van der Waals surface area contributed by atoms with Gasteiger partial charge in [-0.15, -0.1) is 0 Å². The summed E-state index contributed by atoms with van der Waals surface area (Å²) >= 11 is 0. The summed E-state index contributed by atoms with van der Waals surface area (Å²) in [7, 11) is 0. The van der Waals surface area contributed by atoms with Crippen LogP contribution in [0.1, 0.15) is 38.2 Å². The summed E-state index contributed by atoms with van der Waals surface area (Å²) in [6, 6.07) is 2.79. The molecule has 3 nitrogen and oxygen atoms in total.